The number of fused-ring (bicyclic) bond motifs is 1. The largest absolute Gasteiger partial charge is 0.325 e. The number of rotatable bonds is 6. The van der Waals surface area contributed by atoms with Gasteiger partial charge in [-0.1, -0.05) is 61.2 Å². The molecular formula is C25H23N3O2S. The van der Waals surface area contributed by atoms with E-state index in [0.717, 1.165) is 28.9 Å². The quantitative estimate of drug-likeness (QED) is 0.347. The number of benzene rings is 3. The monoisotopic (exact) mass is 429 g/mol. The lowest BCUT2D eigenvalue weighted by molar-refractivity contribution is -0.113. The fraction of sp³-hybridized carbons (Fsp3) is 0.160. The molecule has 4 aromatic rings. The summed E-state index contributed by atoms with van der Waals surface area (Å²) in [6.07, 6.45) is 0.905. The van der Waals surface area contributed by atoms with Crippen molar-refractivity contribution >= 4 is 34.3 Å². The molecule has 0 atom stereocenters. The number of aromatic nitrogens is 2. The number of aryl methyl sites for hydroxylation is 2. The molecule has 0 saturated carbocycles. The Morgan fingerprint density at radius 1 is 1.03 bits per heavy atom. The first-order valence-electron chi connectivity index (χ1n) is 10.2. The van der Waals surface area contributed by atoms with E-state index in [2.05, 4.69) is 12.2 Å². The standard InChI is InChI=1S/C25H23N3O2S/c1-3-18-10-8-11-19(15-18)26-23(29)16-31-25-27-21-13-6-5-12-20(21)24(30)28(25)22-14-7-4-9-17(22)2/h4-15H,3,16H2,1-2H3,(H,26,29). The molecule has 1 amide bonds. The van der Waals surface area contributed by atoms with Gasteiger partial charge in [-0.05, 0) is 54.8 Å². The van der Waals surface area contributed by atoms with Gasteiger partial charge in [-0.15, -0.1) is 0 Å². The van der Waals surface area contributed by atoms with Gasteiger partial charge in [0, 0.05) is 5.69 Å². The molecule has 0 fully saturated rings. The lowest BCUT2D eigenvalue weighted by Gasteiger charge is -2.15. The summed E-state index contributed by atoms with van der Waals surface area (Å²) in [6, 6.07) is 22.8. The smallest absolute Gasteiger partial charge is 0.266 e. The summed E-state index contributed by atoms with van der Waals surface area (Å²) in [7, 11) is 0. The Kier molecular flexibility index (Phi) is 6.18. The first-order valence-corrected chi connectivity index (χ1v) is 11.1. The van der Waals surface area contributed by atoms with E-state index < -0.39 is 0 Å². The number of nitrogens with one attached hydrogen (secondary N) is 1. The SMILES string of the molecule is CCc1cccc(NC(=O)CSc2nc3ccccc3c(=O)n2-c2ccccc2C)c1. The van der Waals surface area contributed by atoms with Gasteiger partial charge >= 0.3 is 0 Å². The molecule has 0 bridgehead atoms. The van der Waals surface area contributed by atoms with E-state index in [9.17, 15) is 9.59 Å². The molecule has 0 saturated heterocycles. The van der Waals surface area contributed by atoms with E-state index in [1.807, 2.05) is 73.7 Å². The average Bonchev–Trinajstić information content (AvgIpc) is 2.79. The highest BCUT2D eigenvalue weighted by Gasteiger charge is 2.16. The van der Waals surface area contributed by atoms with Crippen LogP contribution in [0.5, 0.6) is 0 Å². The van der Waals surface area contributed by atoms with Crippen molar-refractivity contribution in [3.8, 4) is 5.69 Å². The molecule has 0 spiro atoms. The highest BCUT2D eigenvalue weighted by atomic mass is 32.2. The lowest BCUT2D eigenvalue weighted by atomic mass is 10.1. The van der Waals surface area contributed by atoms with E-state index in [1.165, 1.54) is 11.8 Å². The molecule has 1 N–H and O–H groups in total. The zero-order valence-corrected chi connectivity index (χ0v) is 18.3. The predicted octanol–water partition coefficient (Wildman–Crippen LogP) is 4.99. The van der Waals surface area contributed by atoms with Gasteiger partial charge < -0.3 is 5.32 Å². The maximum absolute atomic E-state index is 13.3. The molecule has 0 unspecified atom stereocenters. The Bertz CT molecular complexity index is 1310. The molecule has 0 aliphatic rings. The number of carbonyl (C=O) groups excluding carboxylic acids is 1. The summed E-state index contributed by atoms with van der Waals surface area (Å²) in [4.78, 5) is 30.6. The van der Waals surface area contributed by atoms with Crippen molar-refractivity contribution in [2.24, 2.45) is 0 Å². The first kappa shape index (κ1) is 20.9. The molecule has 6 heteroatoms. The van der Waals surface area contributed by atoms with Gasteiger partial charge in [0.1, 0.15) is 0 Å². The van der Waals surface area contributed by atoms with E-state index in [1.54, 1.807) is 10.6 Å². The molecule has 4 rings (SSSR count). The summed E-state index contributed by atoms with van der Waals surface area (Å²) in [5.41, 5.74) is 4.14. The van der Waals surface area contributed by atoms with Crippen molar-refractivity contribution in [2.45, 2.75) is 25.4 Å². The Morgan fingerprint density at radius 3 is 2.61 bits per heavy atom. The van der Waals surface area contributed by atoms with Crippen LogP contribution in [0.3, 0.4) is 0 Å². The van der Waals surface area contributed by atoms with Crippen LogP contribution in [0.1, 0.15) is 18.1 Å². The summed E-state index contributed by atoms with van der Waals surface area (Å²) < 4.78 is 1.60. The topological polar surface area (TPSA) is 64.0 Å². The Morgan fingerprint density at radius 2 is 1.81 bits per heavy atom. The third kappa shape index (κ3) is 4.54. The van der Waals surface area contributed by atoms with Gasteiger partial charge in [0.25, 0.3) is 5.56 Å². The Hall–Kier alpha value is -3.38. The molecule has 0 aliphatic carbocycles. The molecule has 5 nitrogen and oxygen atoms in total. The fourth-order valence-electron chi connectivity index (χ4n) is 3.43. The fourth-order valence-corrected chi connectivity index (χ4v) is 4.24. The number of carbonyl (C=O) groups is 1. The number of hydrogen-bond acceptors (Lipinski definition) is 4. The van der Waals surface area contributed by atoms with Crippen molar-refractivity contribution in [2.75, 3.05) is 11.1 Å². The maximum atomic E-state index is 13.3. The number of amides is 1. The van der Waals surface area contributed by atoms with Crippen LogP contribution >= 0.6 is 11.8 Å². The number of hydrogen-bond donors (Lipinski definition) is 1. The van der Waals surface area contributed by atoms with Gasteiger partial charge in [0.15, 0.2) is 5.16 Å². The Balaban J connectivity index is 1.66. The third-order valence-electron chi connectivity index (χ3n) is 5.05. The number of nitrogens with zero attached hydrogens (tertiary/aromatic N) is 2. The van der Waals surface area contributed by atoms with E-state index in [-0.39, 0.29) is 17.2 Å². The summed E-state index contributed by atoms with van der Waals surface area (Å²) >= 11 is 1.26. The second-order valence-corrected chi connectivity index (χ2v) is 8.17. The molecule has 3 aromatic carbocycles. The molecular weight excluding hydrogens is 406 g/mol. The van der Waals surface area contributed by atoms with Crippen molar-refractivity contribution in [3.63, 3.8) is 0 Å². The summed E-state index contributed by atoms with van der Waals surface area (Å²) in [5, 5.41) is 3.98. The van der Waals surface area contributed by atoms with Gasteiger partial charge in [-0.3, -0.25) is 14.2 Å². The van der Waals surface area contributed by atoms with Crippen molar-refractivity contribution in [3.05, 3.63) is 94.3 Å². The number of anilines is 1. The molecule has 0 aliphatic heterocycles. The maximum Gasteiger partial charge on any atom is 0.266 e. The Labute approximate surface area is 185 Å². The minimum Gasteiger partial charge on any atom is -0.325 e. The van der Waals surface area contributed by atoms with Crippen LogP contribution in [0.15, 0.2) is 82.7 Å². The molecule has 31 heavy (non-hydrogen) atoms. The molecule has 0 radical (unpaired) electrons. The predicted molar refractivity (Wildman–Crippen MR) is 127 cm³/mol. The summed E-state index contributed by atoms with van der Waals surface area (Å²) in [6.45, 7) is 4.03. The van der Waals surface area contributed by atoms with E-state index in [0.29, 0.717) is 16.1 Å². The normalized spacial score (nSPS) is 10.9. The van der Waals surface area contributed by atoms with Gasteiger partial charge in [0.2, 0.25) is 5.91 Å². The van der Waals surface area contributed by atoms with Crippen molar-refractivity contribution < 1.29 is 4.79 Å². The van der Waals surface area contributed by atoms with E-state index in [4.69, 9.17) is 4.98 Å². The average molecular weight is 430 g/mol. The number of para-hydroxylation sites is 2. The van der Waals surface area contributed by atoms with Crippen LogP contribution < -0.4 is 10.9 Å². The summed E-state index contributed by atoms with van der Waals surface area (Å²) in [5.74, 6) is 0.00418. The van der Waals surface area contributed by atoms with Crippen molar-refractivity contribution in [1.29, 1.82) is 0 Å². The lowest BCUT2D eigenvalue weighted by Crippen LogP contribution is -2.23. The second kappa shape index (κ2) is 9.18. The van der Waals surface area contributed by atoms with Crippen LogP contribution in [-0.2, 0) is 11.2 Å². The van der Waals surface area contributed by atoms with Gasteiger partial charge in [-0.2, -0.15) is 0 Å². The van der Waals surface area contributed by atoms with Crippen LogP contribution in [0.2, 0.25) is 0 Å². The van der Waals surface area contributed by atoms with Crippen LogP contribution in [0.4, 0.5) is 5.69 Å². The first-order chi connectivity index (χ1) is 15.1. The highest BCUT2D eigenvalue weighted by Crippen LogP contribution is 2.23. The van der Waals surface area contributed by atoms with Crippen LogP contribution in [0.25, 0.3) is 16.6 Å². The van der Waals surface area contributed by atoms with Gasteiger partial charge in [0.05, 0.1) is 22.3 Å². The van der Waals surface area contributed by atoms with E-state index >= 15 is 0 Å². The third-order valence-corrected chi connectivity index (χ3v) is 5.99. The zero-order chi connectivity index (χ0) is 21.8. The molecule has 156 valence electrons. The highest BCUT2D eigenvalue weighted by molar-refractivity contribution is 7.99. The minimum atomic E-state index is -0.142. The van der Waals surface area contributed by atoms with Crippen LogP contribution in [0, 0.1) is 6.92 Å². The number of thioether (sulfide) groups is 1. The van der Waals surface area contributed by atoms with Gasteiger partial charge in [-0.25, -0.2) is 4.98 Å². The molecule has 1 heterocycles. The zero-order valence-electron chi connectivity index (χ0n) is 17.5. The van der Waals surface area contributed by atoms with Crippen molar-refractivity contribution in [1.82, 2.24) is 9.55 Å². The second-order valence-electron chi connectivity index (χ2n) is 7.23. The molecule has 1 aromatic heterocycles. The minimum absolute atomic E-state index is 0.140. The van der Waals surface area contributed by atoms with Crippen LogP contribution in [-0.4, -0.2) is 21.2 Å².